The number of oxime groups is 1. The predicted molar refractivity (Wildman–Crippen MR) is 110 cm³/mol. The fraction of sp³-hybridized carbons (Fsp3) is 0.700. The highest BCUT2D eigenvalue weighted by molar-refractivity contribution is 5.74. The summed E-state index contributed by atoms with van der Waals surface area (Å²) in [5, 5.41) is 13.3. The van der Waals surface area contributed by atoms with Gasteiger partial charge >= 0.3 is 12.3 Å². The standard InChI is InChI=1S/C20H30F3N5O3/c1-14(28(18(29)30)19(2,3)4)11-26-31-10-7-15-5-8-27(9-6-15)17-24-12-16(13-25-17)20(21,22)23/h11-15H,5-10H2,1-4H3,(H,29,30)/b26-11+. The minimum Gasteiger partial charge on any atom is -0.465 e. The van der Waals surface area contributed by atoms with Crippen LogP contribution in [0.3, 0.4) is 0 Å². The second-order valence-electron chi connectivity index (χ2n) is 8.64. The van der Waals surface area contributed by atoms with Gasteiger partial charge in [-0.25, -0.2) is 14.8 Å². The van der Waals surface area contributed by atoms with E-state index in [0.29, 0.717) is 31.6 Å². The summed E-state index contributed by atoms with van der Waals surface area (Å²) in [4.78, 5) is 27.6. The summed E-state index contributed by atoms with van der Waals surface area (Å²) in [5.41, 5.74) is -1.41. The number of aromatic nitrogens is 2. The Labute approximate surface area is 180 Å². The van der Waals surface area contributed by atoms with E-state index in [1.54, 1.807) is 6.92 Å². The van der Waals surface area contributed by atoms with Crippen molar-refractivity contribution in [2.24, 2.45) is 11.1 Å². The highest BCUT2D eigenvalue weighted by Crippen LogP contribution is 2.29. The lowest BCUT2D eigenvalue weighted by atomic mass is 9.94. The molecule has 0 aromatic carbocycles. The average Bonchev–Trinajstić information content (AvgIpc) is 2.66. The second-order valence-corrected chi connectivity index (χ2v) is 8.64. The van der Waals surface area contributed by atoms with Crippen LogP contribution in [0.25, 0.3) is 0 Å². The maximum absolute atomic E-state index is 12.6. The van der Waals surface area contributed by atoms with E-state index in [4.69, 9.17) is 4.84 Å². The molecule has 8 nitrogen and oxygen atoms in total. The van der Waals surface area contributed by atoms with E-state index in [0.717, 1.165) is 31.7 Å². The number of carboxylic acid groups (broad SMARTS) is 1. The van der Waals surface area contributed by atoms with Crippen LogP contribution in [0.15, 0.2) is 17.5 Å². The van der Waals surface area contributed by atoms with E-state index in [9.17, 15) is 23.1 Å². The highest BCUT2D eigenvalue weighted by Gasteiger charge is 2.32. The van der Waals surface area contributed by atoms with Crippen molar-refractivity contribution in [1.82, 2.24) is 14.9 Å². The molecule has 0 spiro atoms. The van der Waals surface area contributed by atoms with Crippen molar-refractivity contribution in [1.29, 1.82) is 0 Å². The minimum atomic E-state index is -4.44. The van der Waals surface area contributed by atoms with E-state index >= 15 is 0 Å². The third-order valence-electron chi connectivity index (χ3n) is 5.17. The van der Waals surface area contributed by atoms with Crippen molar-refractivity contribution < 1.29 is 27.9 Å². The molecule has 1 fully saturated rings. The first kappa shape index (κ1) is 24.7. The van der Waals surface area contributed by atoms with Crippen LogP contribution in [-0.2, 0) is 11.0 Å². The Hall–Kier alpha value is -2.59. The van der Waals surface area contributed by atoms with E-state index in [2.05, 4.69) is 15.1 Å². The van der Waals surface area contributed by atoms with Gasteiger partial charge in [0, 0.05) is 31.0 Å². The number of hydrogen-bond donors (Lipinski definition) is 1. The molecule has 1 aromatic rings. The molecule has 1 saturated heterocycles. The summed E-state index contributed by atoms with van der Waals surface area (Å²) in [6, 6.07) is -0.426. The molecule has 11 heteroatoms. The van der Waals surface area contributed by atoms with Crippen LogP contribution < -0.4 is 4.90 Å². The number of hydrogen-bond acceptors (Lipinski definition) is 6. The molecular weight excluding hydrogens is 415 g/mol. The average molecular weight is 445 g/mol. The van der Waals surface area contributed by atoms with Crippen molar-refractivity contribution in [2.75, 3.05) is 24.6 Å². The molecule has 0 bridgehead atoms. The molecule has 1 atom stereocenters. The zero-order chi connectivity index (χ0) is 23.2. The quantitative estimate of drug-likeness (QED) is 0.383. The fourth-order valence-corrected chi connectivity index (χ4v) is 3.59. The van der Waals surface area contributed by atoms with Gasteiger partial charge in [-0.05, 0) is 52.9 Å². The van der Waals surface area contributed by atoms with Crippen LogP contribution in [0.2, 0.25) is 0 Å². The number of piperidine rings is 1. The largest absolute Gasteiger partial charge is 0.465 e. The number of amides is 1. The topological polar surface area (TPSA) is 91.2 Å². The second kappa shape index (κ2) is 10.1. The third-order valence-corrected chi connectivity index (χ3v) is 5.17. The van der Waals surface area contributed by atoms with Crippen molar-refractivity contribution in [3.63, 3.8) is 0 Å². The third kappa shape index (κ3) is 7.25. The minimum absolute atomic E-state index is 0.308. The summed E-state index contributed by atoms with van der Waals surface area (Å²) in [6.07, 6.45) is 0.132. The molecule has 1 aliphatic heterocycles. The summed E-state index contributed by atoms with van der Waals surface area (Å²) in [6.45, 7) is 8.92. The van der Waals surface area contributed by atoms with Gasteiger partial charge in [0.25, 0.3) is 0 Å². The maximum Gasteiger partial charge on any atom is 0.419 e. The van der Waals surface area contributed by atoms with Gasteiger partial charge in [-0.1, -0.05) is 5.16 Å². The van der Waals surface area contributed by atoms with Gasteiger partial charge in [0.05, 0.1) is 17.8 Å². The molecule has 0 saturated carbocycles. The van der Waals surface area contributed by atoms with Gasteiger partial charge < -0.3 is 14.8 Å². The van der Waals surface area contributed by atoms with Crippen molar-refractivity contribution >= 4 is 18.3 Å². The van der Waals surface area contributed by atoms with Crippen molar-refractivity contribution in [3.8, 4) is 0 Å². The predicted octanol–water partition coefficient (Wildman–Crippen LogP) is 4.27. The van der Waals surface area contributed by atoms with E-state index in [1.807, 2.05) is 25.7 Å². The number of halogens is 3. The summed E-state index contributed by atoms with van der Waals surface area (Å²) in [5.74, 6) is 0.714. The van der Waals surface area contributed by atoms with E-state index in [1.165, 1.54) is 11.1 Å². The molecule has 1 unspecified atom stereocenters. The number of anilines is 1. The van der Waals surface area contributed by atoms with Gasteiger partial charge in [0.1, 0.15) is 6.61 Å². The normalized spacial score (nSPS) is 17.1. The maximum atomic E-state index is 12.6. The summed E-state index contributed by atoms with van der Waals surface area (Å²) in [7, 11) is 0. The lowest BCUT2D eigenvalue weighted by molar-refractivity contribution is -0.138. The molecular formula is C20H30F3N5O3. The SMILES string of the molecule is CC(/C=N/OCCC1CCN(c2ncc(C(F)(F)F)cn2)CC1)N(C(=O)O)C(C)(C)C. The van der Waals surface area contributed by atoms with Crippen molar-refractivity contribution in [2.45, 2.75) is 64.7 Å². The Kier molecular flexibility index (Phi) is 8.08. The van der Waals surface area contributed by atoms with Gasteiger partial charge in [-0.15, -0.1) is 0 Å². The monoisotopic (exact) mass is 445 g/mol. The lowest BCUT2D eigenvalue weighted by Gasteiger charge is -2.36. The van der Waals surface area contributed by atoms with Gasteiger partial charge in [0.2, 0.25) is 5.95 Å². The van der Waals surface area contributed by atoms with Crippen molar-refractivity contribution in [3.05, 3.63) is 18.0 Å². The first-order valence-corrected chi connectivity index (χ1v) is 10.2. The van der Waals surface area contributed by atoms with Crippen LogP contribution in [-0.4, -0.2) is 63.6 Å². The number of alkyl halides is 3. The molecule has 0 aliphatic carbocycles. The van der Waals surface area contributed by atoms with Crippen LogP contribution in [0.5, 0.6) is 0 Å². The number of rotatable bonds is 7. The van der Waals surface area contributed by atoms with Crippen LogP contribution in [0.4, 0.5) is 23.9 Å². The smallest absolute Gasteiger partial charge is 0.419 e. The summed E-state index contributed by atoms with van der Waals surface area (Å²) >= 11 is 0. The van der Waals surface area contributed by atoms with Gasteiger partial charge in [-0.2, -0.15) is 13.2 Å². The Balaban J connectivity index is 1.73. The molecule has 1 aliphatic rings. The van der Waals surface area contributed by atoms with E-state index < -0.39 is 29.4 Å². The molecule has 1 N–H and O–H groups in total. The Morgan fingerprint density at radius 1 is 1.32 bits per heavy atom. The Morgan fingerprint density at radius 3 is 2.39 bits per heavy atom. The molecule has 1 aromatic heterocycles. The highest BCUT2D eigenvalue weighted by atomic mass is 19.4. The molecule has 1 amide bonds. The van der Waals surface area contributed by atoms with Crippen LogP contribution in [0.1, 0.15) is 52.5 Å². The zero-order valence-corrected chi connectivity index (χ0v) is 18.3. The first-order valence-electron chi connectivity index (χ1n) is 10.2. The Bertz CT molecular complexity index is 742. The fourth-order valence-electron chi connectivity index (χ4n) is 3.59. The first-order chi connectivity index (χ1) is 14.4. The van der Waals surface area contributed by atoms with E-state index in [-0.39, 0.29) is 0 Å². The molecule has 2 heterocycles. The zero-order valence-electron chi connectivity index (χ0n) is 18.3. The molecule has 174 valence electrons. The number of nitrogens with zero attached hydrogens (tertiary/aromatic N) is 5. The summed E-state index contributed by atoms with van der Waals surface area (Å²) < 4.78 is 37.8. The van der Waals surface area contributed by atoms with Crippen LogP contribution in [0, 0.1) is 5.92 Å². The Morgan fingerprint density at radius 2 is 1.90 bits per heavy atom. The van der Waals surface area contributed by atoms with Gasteiger partial charge in [-0.3, -0.25) is 4.90 Å². The molecule has 0 radical (unpaired) electrons. The molecule has 31 heavy (non-hydrogen) atoms. The number of carbonyl (C=O) groups is 1. The van der Waals surface area contributed by atoms with Crippen LogP contribution >= 0.6 is 0 Å². The lowest BCUT2D eigenvalue weighted by Crippen LogP contribution is -2.50. The molecule has 2 rings (SSSR count). The van der Waals surface area contributed by atoms with Gasteiger partial charge in [0.15, 0.2) is 0 Å².